The van der Waals surface area contributed by atoms with E-state index in [0.29, 0.717) is 16.5 Å². The summed E-state index contributed by atoms with van der Waals surface area (Å²) in [5.74, 6) is 1.41. The molecule has 1 heterocycles. The maximum atomic E-state index is 6.03. The van der Waals surface area contributed by atoms with Crippen LogP contribution in [0.2, 0.25) is 5.02 Å². The standard InChI is InChI=1S/C19H16ClNO2/c1-22-18-5-3-4-14(19(18)23-2)8-11-16-10-7-13-6-9-15(20)12-17(13)21-16/h3-12H,1-2H3. The topological polar surface area (TPSA) is 31.4 Å². The lowest BCUT2D eigenvalue weighted by atomic mass is 10.1. The number of pyridine rings is 1. The highest BCUT2D eigenvalue weighted by molar-refractivity contribution is 6.31. The summed E-state index contributed by atoms with van der Waals surface area (Å²) in [4.78, 5) is 4.61. The highest BCUT2D eigenvalue weighted by Crippen LogP contribution is 2.31. The van der Waals surface area contributed by atoms with Gasteiger partial charge >= 0.3 is 0 Å². The third kappa shape index (κ3) is 3.30. The van der Waals surface area contributed by atoms with Gasteiger partial charge in [-0.05, 0) is 36.4 Å². The molecule has 0 unspecified atom stereocenters. The molecule has 0 N–H and O–H groups in total. The number of hydrogen-bond donors (Lipinski definition) is 0. The Bertz CT molecular complexity index is 874. The lowest BCUT2D eigenvalue weighted by Gasteiger charge is -2.09. The zero-order chi connectivity index (χ0) is 16.2. The fourth-order valence-corrected chi connectivity index (χ4v) is 2.58. The molecule has 4 heteroatoms. The minimum absolute atomic E-state index is 0.681. The summed E-state index contributed by atoms with van der Waals surface area (Å²) in [7, 11) is 3.26. The van der Waals surface area contributed by atoms with Gasteiger partial charge in [0.05, 0.1) is 25.4 Å². The van der Waals surface area contributed by atoms with Crippen molar-refractivity contribution in [2.75, 3.05) is 14.2 Å². The highest BCUT2D eigenvalue weighted by atomic mass is 35.5. The van der Waals surface area contributed by atoms with E-state index in [0.717, 1.165) is 22.2 Å². The van der Waals surface area contributed by atoms with Gasteiger partial charge in [0.15, 0.2) is 11.5 Å². The van der Waals surface area contributed by atoms with Gasteiger partial charge in [0.25, 0.3) is 0 Å². The first-order chi connectivity index (χ1) is 11.2. The maximum Gasteiger partial charge on any atom is 0.167 e. The largest absolute Gasteiger partial charge is 0.493 e. The van der Waals surface area contributed by atoms with Crippen LogP contribution < -0.4 is 9.47 Å². The zero-order valence-electron chi connectivity index (χ0n) is 12.9. The number of halogens is 1. The molecule has 3 nitrogen and oxygen atoms in total. The summed E-state index contributed by atoms with van der Waals surface area (Å²) in [6.07, 6.45) is 3.90. The summed E-state index contributed by atoms with van der Waals surface area (Å²) in [6.45, 7) is 0. The third-order valence-electron chi connectivity index (χ3n) is 3.54. The van der Waals surface area contributed by atoms with Crippen molar-refractivity contribution in [2.24, 2.45) is 0 Å². The van der Waals surface area contributed by atoms with Crippen LogP contribution in [0.4, 0.5) is 0 Å². The van der Waals surface area contributed by atoms with Crippen LogP contribution >= 0.6 is 11.6 Å². The quantitative estimate of drug-likeness (QED) is 0.670. The number of nitrogens with zero attached hydrogens (tertiary/aromatic N) is 1. The molecule has 0 saturated heterocycles. The Morgan fingerprint density at radius 2 is 1.78 bits per heavy atom. The summed E-state index contributed by atoms with van der Waals surface area (Å²) >= 11 is 6.03. The molecule has 0 atom stereocenters. The lowest BCUT2D eigenvalue weighted by Crippen LogP contribution is -1.92. The SMILES string of the molecule is COc1cccc(C=Cc2ccc3ccc(Cl)cc3n2)c1OC. The highest BCUT2D eigenvalue weighted by Gasteiger charge is 2.06. The predicted molar refractivity (Wildman–Crippen MR) is 95.2 cm³/mol. The number of hydrogen-bond acceptors (Lipinski definition) is 3. The third-order valence-corrected chi connectivity index (χ3v) is 3.78. The molecule has 3 rings (SSSR count). The van der Waals surface area contributed by atoms with E-state index < -0.39 is 0 Å². The first kappa shape index (κ1) is 15.4. The minimum Gasteiger partial charge on any atom is -0.493 e. The van der Waals surface area contributed by atoms with Gasteiger partial charge in [-0.3, -0.25) is 0 Å². The van der Waals surface area contributed by atoms with E-state index in [9.17, 15) is 0 Å². The van der Waals surface area contributed by atoms with E-state index in [-0.39, 0.29) is 0 Å². The van der Waals surface area contributed by atoms with Crippen LogP contribution in [0.3, 0.4) is 0 Å². The number of fused-ring (bicyclic) bond motifs is 1. The molecule has 0 aliphatic carbocycles. The Hall–Kier alpha value is -2.52. The van der Waals surface area contributed by atoms with Crippen molar-refractivity contribution in [3.63, 3.8) is 0 Å². The van der Waals surface area contributed by atoms with Crippen LogP contribution in [0.5, 0.6) is 11.5 Å². The first-order valence-corrected chi connectivity index (χ1v) is 7.54. The molecule has 116 valence electrons. The molecule has 0 amide bonds. The van der Waals surface area contributed by atoms with E-state index in [2.05, 4.69) is 4.98 Å². The van der Waals surface area contributed by atoms with E-state index in [1.54, 1.807) is 14.2 Å². The molecule has 2 aromatic carbocycles. The van der Waals surface area contributed by atoms with E-state index in [4.69, 9.17) is 21.1 Å². The Labute approximate surface area is 140 Å². The second kappa shape index (κ2) is 6.71. The molecule has 3 aromatic rings. The van der Waals surface area contributed by atoms with Crippen molar-refractivity contribution in [1.29, 1.82) is 0 Å². The first-order valence-electron chi connectivity index (χ1n) is 7.16. The molecule has 0 aliphatic rings. The second-order valence-corrected chi connectivity index (χ2v) is 5.43. The van der Waals surface area contributed by atoms with Crippen LogP contribution in [-0.2, 0) is 0 Å². The summed E-state index contributed by atoms with van der Waals surface area (Å²) < 4.78 is 10.7. The number of methoxy groups -OCH3 is 2. The monoisotopic (exact) mass is 325 g/mol. The Kier molecular flexibility index (Phi) is 4.49. The van der Waals surface area contributed by atoms with Gasteiger partial charge in [-0.15, -0.1) is 0 Å². The van der Waals surface area contributed by atoms with Gasteiger partial charge in [-0.1, -0.05) is 35.9 Å². The number of ether oxygens (including phenoxy) is 2. The molecule has 0 fully saturated rings. The van der Waals surface area contributed by atoms with Crippen molar-refractivity contribution in [3.05, 3.63) is 64.8 Å². The fourth-order valence-electron chi connectivity index (χ4n) is 2.42. The second-order valence-electron chi connectivity index (χ2n) is 4.99. The maximum absolute atomic E-state index is 6.03. The predicted octanol–water partition coefficient (Wildman–Crippen LogP) is 5.08. The normalized spacial score (nSPS) is 11.1. The van der Waals surface area contributed by atoms with E-state index >= 15 is 0 Å². The van der Waals surface area contributed by atoms with E-state index in [1.807, 2.05) is 60.7 Å². The Morgan fingerprint density at radius 1 is 0.957 bits per heavy atom. The average Bonchev–Trinajstić information content (AvgIpc) is 2.58. The summed E-state index contributed by atoms with van der Waals surface area (Å²) in [5.41, 5.74) is 2.65. The number of aromatic nitrogens is 1. The van der Waals surface area contributed by atoms with Crippen LogP contribution in [0, 0.1) is 0 Å². The van der Waals surface area contributed by atoms with Crippen molar-refractivity contribution in [1.82, 2.24) is 4.98 Å². The zero-order valence-corrected chi connectivity index (χ0v) is 13.7. The van der Waals surface area contributed by atoms with E-state index in [1.165, 1.54) is 0 Å². The van der Waals surface area contributed by atoms with Crippen LogP contribution in [0.25, 0.3) is 23.1 Å². The van der Waals surface area contributed by atoms with Crippen molar-refractivity contribution < 1.29 is 9.47 Å². The van der Waals surface area contributed by atoms with Crippen LogP contribution in [-0.4, -0.2) is 19.2 Å². The van der Waals surface area contributed by atoms with Gasteiger partial charge in [-0.2, -0.15) is 0 Å². The molecular formula is C19H16ClNO2. The van der Waals surface area contributed by atoms with Gasteiger partial charge in [0.1, 0.15) is 0 Å². The Morgan fingerprint density at radius 3 is 2.57 bits per heavy atom. The van der Waals surface area contributed by atoms with Crippen molar-refractivity contribution in [3.8, 4) is 11.5 Å². The molecule has 0 aliphatic heterocycles. The number of rotatable bonds is 4. The Balaban J connectivity index is 1.97. The summed E-state index contributed by atoms with van der Waals surface area (Å²) in [6, 6.07) is 15.4. The van der Waals surface area contributed by atoms with Gasteiger partial charge in [0, 0.05) is 16.0 Å². The number of benzene rings is 2. The molecule has 0 bridgehead atoms. The molecule has 23 heavy (non-hydrogen) atoms. The van der Waals surface area contributed by atoms with Crippen LogP contribution in [0.1, 0.15) is 11.3 Å². The molecule has 0 saturated carbocycles. The van der Waals surface area contributed by atoms with Gasteiger partial charge in [-0.25, -0.2) is 4.98 Å². The molecule has 0 spiro atoms. The lowest BCUT2D eigenvalue weighted by molar-refractivity contribution is 0.354. The number of para-hydroxylation sites is 1. The molecule has 1 aromatic heterocycles. The van der Waals surface area contributed by atoms with Gasteiger partial charge in [0.2, 0.25) is 0 Å². The smallest absolute Gasteiger partial charge is 0.167 e. The fraction of sp³-hybridized carbons (Fsp3) is 0.105. The van der Waals surface area contributed by atoms with Gasteiger partial charge < -0.3 is 9.47 Å². The van der Waals surface area contributed by atoms with Crippen LogP contribution in [0.15, 0.2) is 48.5 Å². The van der Waals surface area contributed by atoms with Crippen molar-refractivity contribution >= 4 is 34.7 Å². The molecule has 0 radical (unpaired) electrons. The summed E-state index contributed by atoms with van der Waals surface area (Å²) in [5, 5.41) is 1.74. The molecular weight excluding hydrogens is 310 g/mol. The minimum atomic E-state index is 0.681. The average molecular weight is 326 g/mol. The van der Waals surface area contributed by atoms with Crippen molar-refractivity contribution in [2.45, 2.75) is 0 Å².